The molecule has 0 radical (unpaired) electrons. The first-order valence-electron chi connectivity index (χ1n) is 4.36. The zero-order valence-electron chi connectivity index (χ0n) is 8.30. The van der Waals surface area contributed by atoms with E-state index in [0.717, 1.165) is 4.90 Å². The van der Waals surface area contributed by atoms with Crippen LogP contribution in [0.15, 0.2) is 29.2 Å². The van der Waals surface area contributed by atoms with Gasteiger partial charge in [0, 0.05) is 16.3 Å². The summed E-state index contributed by atoms with van der Waals surface area (Å²) >= 11 is 1.26. The van der Waals surface area contributed by atoms with Crippen LogP contribution >= 0.6 is 11.8 Å². The molecule has 0 aromatic heterocycles. The predicted molar refractivity (Wildman–Crippen MR) is 59.8 cm³/mol. The number of benzene rings is 1. The van der Waals surface area contributed by atoms with E-state index in [2.05, 4.69) is 0 Å². The molecule has 1 atom stereocenters. The molecule has 82 valence electrons. The second-order valence-electron chi connectivity index (χ2n) is 3.44. The summed E-state index contributed by atoms with van der Waals surface area (Å²) in [6.45, 7) is 1.27. The quantitative estimate of drug-likeness (QED) is 0.531. The van der Waals surface area contributed by atoms with Gasteiger partial charge < -0.3 is 15.9 Å². The molecule has 1 rings (SSSR count). The normalized spacial score (nSPS) is 14.5. The molecule has 0 saturated heterocycles. The lowest BCUT2D eigenvalue weighted by atomic mass is 10.1. The number of anilines is 1. The number of hydrogen-bond acceptors (Lipinski definition) is 4. The van der Waals surface area contributed by atoms with Gasteiger partial charge in [-0.15, -0.1) is 11.8 Å². The van der Waals surface area contributed by atoms with E-state index in [4.69, 9.17) is 10.8 Å². The van der Waals surface area contributed by atoms with E-state index in [1.807, 2.05) is 6.07 Å². The fourth-order valence-corrected chi connectivity index (χ4v) is 1.86. The van der Waals surface area contributed by atoms with Gasteiger partial charge in [0.2, 0.25) is 0 Å². The zero-order valence-corrected chi connectivity index (χ0v) is 9.12. The Hall–Kier alpha value is -1.20. The smallest absolute Gasteiger partial charge is 0.336 e. The van der Waals surface area contributed by atoms with Gasteiger partial charge in [0.1, 0.15) is 0 Å². The van der Waals surface area contributed by atoms with Crippen LogP contribution in [0, 0.1) is 0 Å². The topological polar surface area (TPSA) is 83.5 Å². The minimum absolute atomic E-state index is 0.0891. The molecular formula is C10H13NO3S. The number of aliphatic hydroxyl groups is 1. The third kappa shape index (κ3) is 3.45. The van der Waals surface area contributed by atoms with Crippen molar-refractivity contribution in [3.05, 3.63) is 24.3 Å². The molecule has 1 unspecified atom stereocenters. The molecule has 4 N–H and O–H groups in total. The number of nitrogen functional groups attached to an aromatic ring is 1. The fourth-order valence-electron chi connectivity index (χ4n) is 0.890. The highest BCUT2D eigenvalue weighted by atomic mass is 32.2. The van der Waals surface area contributed by atoms with Gasteiger partial charge in [0.05, 0.1) is 0 Å². The maximum Gasteiger partial charge on any atom is 0.336 e. The number of thioether (sulfide) groups is 1. The molecule has 1 aromatic carbocycles. The Morgan fingerprint density at radius 2 is 2.27 bits per heavy atom. The van der Waals surface area contributed by atoms with E-state index in [1.165, 1.54) is 18.7 Å². The van der Waals surface area contributed by atoms with Crippen LogP contribution in [0.4, 0.5) is 5.69 Å². The Labute approximate surface area is 92.1 Å². The van der Waals surface area contributed by atoms with Crippen molar-refractivity contribution in [3.63, 3.8) is 0 Å². The van der Waals surface area contributed by atoms with Gasteiger partial charge in [-0.25, -0.2) is 4.79 Å². The second-order valence-corrected chi connectivity index (χ2v) is 4.49. The third-order valence-corrected chi connectivity index (χ3v) is 3.13. The molecule has 0 aliphatic rings. The highest BCUT2D eigenvalue weighted by Crippen LogP contribution is 2.24. The SMILES string of the molecule is CC(O)(CSc1cccc(N)c1)C(=O)O. The van der Waals surface area contributed by atoms with Crippen LogP contribution in [0.2, 0.25) is 0 Å². The molecule has 4 nitrogen and oxygen atoms in total. The van der Waals surface area contributed by atoms with Crippen molar-refractivity contribution in [1.82, 2.24) is 0 Å². The van der Waals surface area contributed by atoms with Gasteiger partial charge in [0.15, 0.2) is 5.60 Å². The zero-order chi connectivity index (χ0) is 11.5. The van der Waals surface area contributed by atoms with Crippen molar-refractivity contribution in [2.24, 2.45) is 0 Å². The van der Waals surface area contributed by atoms with E-state index < -0.39 is 11.6 Å². The van der Waals surface area contributed by atoms with Crippen molar-refractivity contribution in [3.8, 4) is 0 Å². The summed E-state index contributed by atoms with van der Waals surface area (Å²) in [5.41, 5.74) is 4.47. The Balaban J connectivity index is 2.61. The first-order valence-corrected chi connectivity index (χ1v) is 5.34. The van der Waals surface area contributed by atoms with Crippen LogP contribution in [0.1, 0.15) is 6.92 Å². The Morgan fingerprint density at radius 1 is 1.60 bits per heavy atom. The molecule has 0 fully saturated rings. The average molecular weight is 227 g/mol. The summed E-state index contributed by atoms with van der Waals surface area (Å²) in [7, 11) is 0. The number of carboxylic acids is 1. The van der Waals surface area contributed by atoms with Gasteiger partial charge in [-0.1, -0.05) is 6.07 Å². The second kappa shape index (κ2) is 4.55. The summed E-state index contributed by atoms with van der Waals surface area (Å²) in [6, 6.07) is 7.09. The van der Waals surface area contributed by atoms with Gasteiger partial charge in [-0.3, -0.25) is 0 Å². The Kier molecular flexibility index (Phi) is 3.60. The van der Waals surface area contributed by atoms with Crippen LogP contribution in [-0.4, -0.2) is 27.5 Å². The molecule has 0 bridgehead atoms. The van der Waals surface area contributed by atoms with Gasteiger partial charge >= 0.3 is 5.97 Å². The molecule has 0 heterocycles. The van der Waals surface area contributed by atoms with E-state index >= 15 is 0 Å². The van der Waals surface area contributed by atoms with Crippen LogP contribution in [0.5, 0.6) is 0 Å². The summed E-state index contributed by atoms with van der Waals surface area (Å²) < 4.78 is 0. The lowest BCUT2D eigenvalue weighted by molar-refractivity contribution is -0.154. The van der Waals surface area contributed by atoms with Crippen LogP contribution in [0.25, 0.3) is 0 Å². The first-order chi connectivity index (χ1) is 6.92. The first kappa shape index (κ1) is 11.9. The van der Waals surface area contributed by atoms with Crippen molar-refractivity contribution in [2.45, 2.75) is 17.4 Å². The summed E-state index contributed by atoms with van der Waals surface area (Å²) in [4.78, 5) is 11.5. The molecule has 5 heteroatoms. The molecule has 0 amide bonds. The van der Waals surface area contributed by atoms with Gasteiger partial charge in [-0.05, 0) is 25.1 Å². The summed E-state index contributed by atoms with van der Waals surface area (Å²) in [6.07, 6.45) is 0. The molecule has 0 spiro atoms. The molecule has 0 aliphatic carbocycles. The maximum atomic E-state index is 10.6. The van der Waals surface area contributed by atoms with Crippen molar-refractivity contribution >= 4 is 23.4 Å². The van der Waals surface area contributed by atoms with E-state index in [1.54, 1.807) is 18.2 Å². The number of nitrogens with two attached hydrogens (primary N) is 1. The minimum Gasteiger partial charge on any atom is -0.479 e. The average Bonchev–Trinajstić information content (AvgIpc) is 2.15. The number of hydrogen-bond donors (Lipinski definition) is 3. The standard InChI is InChI=1S/C10H13NO3S/c1-10(14,9(12)13)6-15-8-4-2-3-7(11)5-8/h2-5,14H,6,11H2,1H3,(H,12,13). The number of rotatable bonds is 4. The highest BCUT2D eigenvalue weighted by Gasteiger charge is 2.29. The van der Waals surface area contributed by atoms with E-state index in [-0.39, 0.29) is 5.75 Å². The molecule has 0 aliphatic heterocycles. The number of carboxylic acid groups (broad SMARTS) is 1. The minimum atomic E-state index is -1.71. The predicted octanol–water partition coefficient (Wildman–Crippen LogP) is 1.20. The molecule has 0 saturated carbocycles. The largest absolute Gasteiger partial charge is 0.479 e. The molecule has 15 heavy (non-hydrogen) atoms. The summed E-state index contributed by atoms with van der Waals surface area (Å²) in [5.74, 6) is -1.13. The monoisotopic (exact) mass is 227 g/mol. The van der Waals surface area contributed by atoms with Crippen molar-refractivity contribution in [1.29, 1.82) is 0 Å². The Bertz CT molecular complexity index is 365. The number of aliphatic carboxylic acids is 1. The number of carbonyl (C=O) groups is 1. The Morgan fingerprint density at radius 3 is 2.80 bits per heavy atom. The van der Waals surface area contributed by atoms with Crippen LogP contribution in [0.3, 0.4) is 0 Å². The van der Waals surface area contributed by atoms with Gasteiger partial charge in [0.25, 0.3) is 0 Å². The van der Waals surface area contributed by atoms with Crippen molar-refractivity contribution in [2.75, 3.05) is 11.5 Å². The van der Waals surface area contributed by atoms with Gasteiger partial charge in [-0.2, -0.15) is 0 Å². The maximum absolute atomic E-state index is 10.6. The van der Waals surface area contributed by atoms with Crippen LogP contribution < -0.4 is 5.73 Å². The van der Waals surface area contributed by atoms with Crippen molar-refractivity contribution < 1.29 is 15.0 Å². The highest BCUT2D eigenvalue weighted by molar-refractivity contribution is 7.99. The third-order valence-electron chi connectivity index (χ3n) is 1.84. The molecular weight excluding hydrogens is 214 g/mol. The fraction of sp³-hybridized carbons (Fsp3) is 0.300. The lowest BCUT2D eigenvalue weighted by Crippen LogP contribution is -2.37. The van der Waals surface area contributed by atoms with E-state index in [9.17, 15) is 9.90 Å². The van der Waals surface area contributed by atoms with Crippen LogP contribution in [-0.2, 0) is 4.79 Å². The molecule has 1 aromatic rings. The van der Waals surface area contributed by atoms with E-state index in [0.29, 0.717) is 5.69 Å². The lowest BCUT2D eigenvalue weighted by Gasteiger charge is -2.16. The summed E-state index contributed by atoms with van der Waals surface area (Å²) in [5, 5.41) is 18.2.